The Kier molecular flexibility index (Phi) is 4.44. The standard InChI is InChI=1S/C23H27F3N4O2/c1-28-18-10-15(12-2-3-12)9-17(23(24,25)26)20(18)27-21(28)22(32)29-4-5-30(19(31)11-29)16-7-13-6-14(13)8-16/h9-10,12-14,16,22,32H,2-8,11H2,1H3/t13-,14+,16?,22?. The highest BCUT2D eigenvalue weighted by Gasteiger charge is 2.49. The summed E-state index contributed by atoms with van der Waals surface area (Å²) in [6.45, 7) is 1.06. The molecule has 6 nitrogen and oxygen atoms in total. The van der Waals surface area contributed by atoms with Crippen LogP contribution in [0.4, 0.5) is 13.2 Å². The highest BCUT2D eigenvalue weighted by molar-refractivity contribution is 5.82. The topological polar surface area (TPSA) is 61.6 Å². The second kappa shape index (κ2) is 6.93. The molecule has 1 aromatic carbocycles. The van der Waals surface area contributed by atoms with Gasteiger partial charge in [-0.05, 0) is 67.6 Å². The van der Waals surface area contributed by atoms with Crippen molar-refractivity contribution in [3.63, 3.8) is 0 Å². The molecule has 3 aliphatic carbocycles. The number of nitrogens with zero attached hydrogens (tertiary/aromatic N) is 4. The smallest absolute Gasteiger partial charge is 0.371 e. The van der Waals surface area contributed by atoms with Crippen LogP contribution in [0.1, 0.15) is 61.2 Å². The van der Waals surface area contributed by atoms with E-state index >= 15 is 0 Å². The van der Waals surface area contributed by atoms with Crippen molar-refractivity contribution in [2.75, 3.05) is 19.6 Å². The maximum atomic E-state index is 13.8. The third-order valence-electron chi connectivity index (χ3n) is 7.92. The molecule has 172 valence electrons. The molecular weight excluding hydrogens is 421 g/mol. The summed E-state index contributed by atoms with van der Waals surface area (Å²) in [6.07, 6.45) is -0.529. The van der Waals surface area contributed by atoms with Crippen LogP contribution in [-0.2, 0) is 18.0 Å². The monoisotopic (exact) mass is 448 g/mol. The second-order valence-electron chi connectivity index (χ2n) is 10.0. The van der Waals surface area contributed by atoms with Crippen LogP contribution in [0, 0.1) is 11.8 Å². The lowest BCUT2D eigenvalue weighted by molar-refractivity contribution is -0.145. The fourth-order valence-corrected chi connectivity index (χ4v) is 5.83. The first-order chi connectivity index (χ1) is 15.2. The number of hydrogen-bond donors (Lipinski definition) is 1. The number of carbonyl (C=O) groups is 1. The minimum absolute atomic E-state index is 0.0210. The number of imidazole rings is 1. The Hall–Kier alpha value is -2.13. The summed E-state index contributed by atoms with van der Waals surface area (Å²) < 4.78 is 42.9. The summed E-state index contributed by atoms with van der Waals surface area (Å²) in [6, 6.07) is 3.27. The van der Waals surface area contributed by atoms with Crippen molar-refractivity contribution in [2.45, 2.75) is 56.5 Å². The molecule has 32 heavy (non-hydrogen) atoms. The zero-order valence-electron chi connectivity index (χ0n) is 18.0. The lowest BCUT2D eigenvalue weighted by Crippen LogP contribution is -2.54. The maximum absolute atomic E-state index is 13.8. The zero-order chi connectivity index (χ0) is 22.4. The molecule has 0 radical (unpaired) electrons. The number of fused-ring (bicyclic) bond motifs is 2. The number of rotatable bonds is 4. The van der Waals surface area contributed by atoms with Gasteiger partial charge in [0, 0.05) is 26.2 Å². The molecule has 1 aromatic heterocycles. The molecule has 4 atom stereocenters. The van der Waals surface area contributed by atoms with Gasteiger partial charge in [-0.1, -0.05) is 0 Å². The first-order valence-corrected chi connectivity index (χ1v) is 11.5. The molecule has 4 aliphatic rings. The number of halogens is 3. The maximum Gasteiger partial charge on any atom is 0.418 e. The van der Waals surface area contributed by atoms with Gasteiger partial charge in [-0.3, -0.25) is 9.69 Å². The lowest BCUT2D eigenvalue weighted by Gasteiger charge is -2.39. The summed E-state index contributed by atoms with van der Waals surface area (Å²) in [5.74, 6) is 1.84. The number of piperazine rings is 1. The van der Waals surface area contributed by atoms with Gasteiger partial charge in [-0.15, -0.1) is 0 Å². The molecule has 1 aliphatic heterocycles. The van der Waals surface area contributed by atoms with Crippen LogP contribution in [0.2, 0.25) is 0 Å². The highest BCUT2D eigenvalue weighted by Crippen LogP contribution is 2.53. The lowest BCUT2D eigenvalue weighted by atomic mass is 10.0. The fraction of sp³-hybridized carbons (Fsp3) is 0.652. The Labute approximate surface area is 184 Å². The Balaban J connectivity index is 1.27. The third-order valence-corrected chi connectivity index (χ3v) is 7.92. The molecule has 1 N–H and O–H groups in total. The van der Waals surface area contributed by atoms with Crippen LogP contribution in [-0.4, -0.2) is 56.0 Å². The van der Waals surface area contributed by atoms with E-state index in [0.717, 1.165) is 37.5 Å². The molecule has 1 saturated heterocycles. The van der Waals surface area contributed by atoms with Crippen molar-refractivity contribution in [1.82, 2.24) is 19.4 Å². The minimum atomic E-state index is -4.52. The molecule has 2 heterocycles. The van der Waals surface area contributed by atoms with E-state index in [1.165, 1.54) is 12.5 Å². The predicted octanol–water partition coefficient (Wildman–Crippen LogP) is 3.40. The van der Waals surface area contributed by atoms with Crippen LogP contribution in [0.3, 0.4) is 0 Å². The van der Waals surface area contributed by atoms with Crippen molar-refractivity contribution in [1.29, 1.82) is 0 Å². The van der Waals surface area contributed by atoms with Crippen LogP contribution >= 0.6 is 0 Å². The number of aliphatic hydroxyl groups is 1. The average molecular weight is 448 g/mol. The fourth-order valence-electron chi connectivity index (χ4n) is 5.83. The van der Waals surface area contributed by atoms with Gasteiger partial charge in [-0.2, -0.15) is 13.2 Å². The third kappa shape index (κ3) is 3.32. The van der Waals surface area contributed by atoms with E-state index in [0.29, 0.717) is 30.2 Å². The van der Waals surface area contributed by atoms with Crippen LogP contribution in [0.25, 0.3) is 11.0 Å². The number of carbonyl (C=O) groups excluding carboxylic acids is 1. The van der Waals surface area contributed by atoms with Gasteiger partial charge in [0.25, 0.3) is 0 Å². The Morgan fingerprint density at radius 1 is 1.12 bits per heavy atom. The number of aromatic nitrogens is 2. The van der Waals surface area contributed by atoms with Gasteiger partial charge in [-0.25, -0.2) is 4.98 Å². The van der Waals surface area contributed by atoms with Crippen molar-refractivity contribution in [2.24, 2.45) is 18.9 Å². The van der Waals surface area contributed by atoms with Crippen molar-refractivity contribution >= 4 is 16.9 Å². The van der Waals surface area contributed by atoms with E-state index < -0.39 is 18.0 Å². The van der Waals surface area contributed by atoms with E-state index in [1.54, 1.807) is 22.6 Å². The van der Waals surface area contributed by atoms with Crippen LogP contribution in [0.5, 0.6) is 0 Å². The number of alkyl halides is 3. The van der Waals surface area contributed by atoms with Gasteiger partial charge in [0.05, 0.1) is 17.6 Å². The van der Waals surface area contributed by atoms with Gasteiger partial charge in [0.2, 0.25) is 5.91 Å². The number of amides is 1. The first kappa shape index (κ1) is 20.5. The van der Waals surface area contributed by atoms with Crippen molar-refractivity contribution in [3.8, 4) is 0 Å². The summed E-state index contributed by atoms with van der Waals surface area (Å²) >= 11 is 0. The predicted molar refractivity (Wildman–Crippen MR) is 111 cm³/mol. The summed E-state index contributed by atoms with van der Waals surface area (Å²) in [4.78, 5) is 20.6. The highest BCUT2D eigenvalue weighted by atomic mass is 19.4. The molecule has 0 spiro atoms. The van der Waals surface area contributed by atoms with E-state index in [1.807, 2.05) is 4.90 Å². The molecule has 6 rings (SSSR count). The van der Waals surface area contributed by atoms with Crippen molar-refractivity contribution in [3.05, 3.63) is 29.1 Å². The summed E-state index contributed by atoms with van der Waals surface area (Å²) in [7, 11) is 1.63. The number of benzene rings is 1. The summed E-state index contributed by atoms with van der Waals surface area (Å²) in [5, 5.41) is 11.0. The normalized spacial score (nSPS) is 29.6. The van der Waals surface area contributed by atoms with E-state index in [9.17, 15) is 23.1 Å². The largest absolute Gasteiger partial charge is 0.418 e. The molecule has 2 unspecified atom stereocenters. The van der Waals surface area contributed by atoms with Crippen LogP contribution < -0.4 is 0 Å². The Bertz CT molecular complexity index is 1080. The van der Waals surface area contributed by atoms with E-state index in [4.69, 9.17) is 0 Å². The van der Waals surface area contributed by atoms with E-state index in [-0.39, 0.29) is 29.7 Å². The number of aliphatic hydroxyl groups excluding tert-OH is 1. The van der Waals surface area contributed by atoms with Crippen LogP contribution in [0.15, 0.2) is 12.1 Å². The zero-order valence-corrected chi connectivity index (χ0v) is 18.0. The summed E-state index contributed by atoms with van der Waals surface area (Å²) in [5.41, 5.74) is 0.137. The SMILES string of the molecule is Cn1c(C(O)N2CCN(C3C[C@@H]4C[C@@H]4C3)C(=O)C2)nc2c(C(F)(F)F)cc(C3CC3)cc21. The minimum Gasteiger partial charge on any atom is -0.371 e. The second-order valence-corrected chi connectivity index (χ2v) is 10.0. The van der Waals surface area contributed by atoms with Gasteiger partial charge in [0.15, 0.2) is 12.1 Å². The van der Waals surface area contributed by atoms with Gasteiger partial charge in [0.1, 0.15) is 5.52 Å². The first-order valence-electron chi connectivity index (χ1n) is 11.5. The van der Waals surface area contributed by atoms with E-state index in [2.05, 4.69) is 4.98 Å². The number of aryl methyl sites for hydroxylation is 1. The van der Waals surface area contributed by atoms with Gasteiger partial charge >= 0.3 is 6.18 Å². The number of hydrogen-bond acceptors (Lipinski definition) is 4. The Morgan fingerprint density at radius 3 is 2.47 bits per heavy atom. The average Bonchev–Trinajstić information content (AvgIpc) is 3.66. The molecule has 9 heteroatoms. The molecule has 2 aromatic rings. The molecule has 0 bridgehead atoms. The van der Waals surface area contributed by atoms with Crippen molar-refractivity contribution < 1.29 is 23.1 Å². The Morgan fingerprint density at radius 2 is 1.84 bits per heavy atom. The quantitative estimate of drug-likeness (QED) is 0.779. The van der Waals surface area contributed by atoms with Gasteiger partial charge < -0.3 is 14.6 Å². The molecule has 3 saturated carbocycles. The molecular formula is C23H27F3N4O2. The molecule has 4 fully saturated rings. The molecule has 1 amide bonds.